The first-order chi connectivity index (χ1) is 13.3. The van der Waals surface area contributed by atoms with Gasteiger partial charge in [0.05, 0.1) is 11.2 Å². The molecule has 3 heterocycles. The number of amides is 1. The van der Waals surface area contributed by atoms with Crippen LogP contribution in [0.2, 0.25) is 0 Å². The number of piperidine rings is 1. The molecule has 3 rings (SSSR count). The Morgan fingerprint density at radius 3 is 2.24 bits per heavy atom. The fourth-order valence-corrected chi connectivity index (χ4v) is 3.50. The van der Waals surface area contributed by atoms with Gasteiger partial charge in [-0.05, 0) is 48.5 Å². The zero-order valence-electron chi connectivity index (χ0n) is 18.6. The Balaban J connectivity index is 1.71. The molecule has 0 aromatic carbocycles. The normalized spacial score (nSPS) is 23.0. The summed E-state index contributed by atoms with van der Waals surface area (Å²) in [6.45, 7) is 14.7. The minimum absolute atomic E-state index is 0.304. The first-order valence-corrected chi connectivity index (χ1v) is 10.1. The van der Waals surface area contributed by atoms with Crippen LogP contribution < -0.4 is 5.46 Å². The Bertz CT molecular complexity index is 795. The van der Waals surface area contributed by atoms with Crippen LogP contribution in [0.1, 0.15) is 61.3 Å². The molecule has 0 N–H and O–H groups in total. The molecule has 7 nitrogen and oxygen atoms in total. The van der Waals surface area contributed by atoms with Crippen LogP contribution in [0.3, 0.4) is 0 Å². The van der Waals surface area contributed by atoms with Crippen LogP contribution in [-0.4, -0.2) is 57.8 Å². The van der Waals surface area contributed by atoms with E-state index in [-0.39, 0.29) is 6.09 Å². The van der Waals surface area contributed by atoms with Crippen molar-refractivity contribution < 1.29 is 18.8 Å². The highest BCUT2D eigenvalue weighted by Crippen LogP contribution is 2.37. The third-order valence-corrected chi connectivity index (χ3v) is 6.08. The lowest BCUT2D eigenvalue weighted by Gasteiger charge is -2.39. The number of carbonyl (C=O) groups excluding carboxylic acids is 1. The highest BCUT2D eigenvalue weighted by atomic mass is 16.7. The van der Waals surface area contributed by atoms with E-state index in [9.17, 15) is 4.79 Å². The van der Waals surface area contributed by atoms with Crippen molar-refractivity contribution >= 4 is 18.7 Å². The van der Waals surface area contributed by atoms with Crippen LogP contribution in [-0.2, 0) is 19.6 Å². The average Bonchev–Trinajstić information content (AvgIpc) is 3.17. The predicted molar refractivity (Wildman–Crippen MR) is 112 cm³/mol. The minimum atomic E-state index is -0.583. The van der Waals surface area contributed by atoms with Gasteiger partial charge in [-0.3, -0.25) is 4.68 Å². The molecule has 0 radical (unpaired) electrons. The second-order valence-electron chi connectivity index (χ2n) is 9.95. The third kappa shape index (κ3) is 4.17. The molecule has 0 atom stereocenters. The van der Waals surface area contributed by atoms with Crippen LogP contribution in [0.5, 0.6) is 0 Å². The summed E-state index contributed by atoms with van der Waals surface area (Å²) >= 11 is 0. The molecule has 1 aromatic rings. The topological polar surface area (TPSA) is 65.8 Å². The summed E-state index contributed by atoms with van der Waals surface area (Å²) in [7, 11) is -0.481. The van der Waals surface area contributed by atoms with Gasteiger partial charge in [0.1, 0.15) is 11.1 Å². The van der Waals surface area contributed by atoms with Crippen molar-refractivity contribution in [3.63, 3.8) is 0 Å². The van der Waals surface area contributed by atoms with Crippen molar-refractivity contribution in [2.45, 2.75) is 83.6 Å². The number of aromatic nitrogens is 2. The molecule has 1 amide bonds. The molecule has 2 aliphatic rings. The van der Waals surface area contributed by atoms with Crippen LogP contribution in [0.4, 0.5) is 4.79 Å². The van der Waals surface area contributed by atoms with Crippen molar-refractivity contribution in [1.82, 2.24) is 14.7 Å². The number of carbonyl (C=O) groups is 1. The summed E-state index contributed by atoms with van der Waals surface area (Å²) < 4.78 is 19.5. The SMILES string of the molecule is C#CC1(n2cc(B3OC(C)(C)C(C)(C)O3)cn2)CCN(C(=O)OC(C)(C)C)CC1. The first-order valence-electron chi connectivity index (χ1n) is 10.1. The van der Waals surface area contributed by atoms with Gasteiger partial charge in [-0.25, -0.2) is 4.79 Å². The predicted octanol–water partition coefficient (Wildman–Crippen LogP) is 2.54. The van der Waals surface area contributed by atoms with E-state index in [0.717, 1.165) is 5.46 Å². The number of hydrogen-bond donors (Lipinski definition) is 0. The van der Waals surface area contributed by atoms with Gasteiger partial charge in [0.25, 0.3) is 0 Å². The van der Waals surface area contributed by atoms with Crippen LogP contribution in [0, 0.1) is 12.3 Å². The molecule has 2 saturated heterocycles. The Morgan fingerprint density at radius 2 is 1.76 bits per heavy atom. The van der Waals surface area contributed by atoms with Crippen molar-refractivity contribution in [1.29, 1.82) is 0 Å². The lowest BCUT2D eigenvalue weighted by atomic mass is 9.81. The van der Waals surface area contributed by atoms with Gasteiger partial charge in [0.2, 0.25) is 0 Å². The molecule has 2 fully saturated rings. The van der Waals surface area contributed by atoms with E-state index in [1.54, 1.807) is 11.1 Å². The molecule has 158 valence electrons. The molecule has 0 spiro atoms. The summed E-state index contributed by atoms with van der Waals surface area (Å²) in [6, 6.07) is 0. The second kappa shape index (κ2) is 7.07. The highest BCUT2D eigenvalue weighted by Gasteiger charge is 2.52. The van der Waals surface area contributed by atoms with E-state index >= 15 is 0 Å². The summed E-state index contributed by atoms with van der Waals surface area (Å²) in [5, 5.41) is 4.53. The summed E-state index contributed by atoms with van der Waals surface area (Å²) in [4.78, 5) is 14.1. The van der Waals surface area contributed by atoms with Crippen molar-refractivity contribution in [3.05, 3.63) is 12.4 Å². The van der Waals surface area contributed by atoms with Gasteiger partial charge in [-0.2, -0.15) is 5.10 Å². The molecule has 8 heteroatoms. The number of rotatable bonds is 2. The van der Waals surface area contributed by atoms with E-state index < -0.39 is 29.5 Å². The Labute approximate surface area is 174 Å². The van der Waals surface area contributed by atoms with Crippen molar-refractivity contribution in [3.8, 4) is 12.3 Å². The molecule has 0 unspecified atom stereocenters. The van der Waals surface area contributed by atoms with Gasteiger partial charge in [0, 0.05) is 43.8 Å². The Hall–Kier alpha value is -1.98. The maximum Gasteiger partial charge on any atom is 0.498 e. The number of nitrogens with zero attached hydrogens (tertiary/aromatic N) is 3. The molecule has 0 bridgehead atoms. The van der Waals surface area contributed by atoms with Crippen LogP contribution in [0.15, 0.2) is 12.4 Å². The lowest BCUT2D eigenvalue weighted by Crippen LogP contribution is -2.49. The summed E-state index contributed by atoms with van der Waals surface area (Å²) in [5.41, 5.74) is -1.09. The molecular weight excluding hydrogens is 369 g/mol. The second-order valence-corrected chi connectivity index (χ2v) is 9.95. The number of likely N-dealkylation sites (tertiary alicyclic amines) is 1. The van der Waals surface area contributed by atoms with Gasteiger partial charge in [-0.1, -0.05) is 5.92 Å². The minimum Gasteiger partial charge on any atom is -0.444 e. The van der Waals surface area contributed by atoms with Gasteiger partial charge < -0.3 is 18.9 Å². The van der Waals surface area contributed by atoms with E-state index in [4.69, 9.17) is 20.5 Å². The van der Waals surface area contributed by atoms with Gasteiger partial charge >= 0.3 is 13.2 Å². The molecule has 0 aliphatic carbocycles. The standard InChI is InChI=1S/C21H32BN3O4/c1-9-21(10-12-24(13-11-21)17(26)27-18(2,3)4)25-15-16(14-23-25)22-28-19(5,6)20(7,8)29-22/h1,14-15H,10-13H2,2-8H3. The Morgan fingerprint density at radius 1 is 1.21 bits per heavy atom. The van der Waals surface area contributed by atoms with E-state index in [0.29, 0.717) is 25.9 Å². The third-order valence-electron chi connectivity index (χ3n) is 6.08. The Kier molecular flexibility index (Phi) is 5.29. The van der Waals surface area contributed by atoms with Crippen molar-refractivity contribution in [2.24, 2.45) is 0 Å². The van der Waals surface area contributed by atoms with Gasteiger partial charge in [-0.15, -0.1) is 6.42 Å². The molecular formula is C21H32BN3O4. The summed E-state index contributed by atoms with van der Waals surface area (Å²) in [6.07, 6.45) is 10.5. The number of hydrogen-bond acceptors (Lipinski definition) is 5. The number of terminal acetylenes is 1. The summed E-state index contributed by atoms with van der Waals surface area (Å²) in [5.74, 6) is 2.92. The molecule has 1 aromatic heterocycles. The molecule has 0 saturated carbocycles. The maximum atomic E-state index is 12.3. The number of ether oxygens (including phenoxy) is 1. The monoisotopic (exact) mass is 401 g/mol. The van der Waals surface area contributed by atoms with E-state index in [1.165, 1.54) is 0 Å². The van der Waals surface area contributed by atoms with Gasteiger partial charge in [0.15, 0.2) is 0 Å². The van der Waals surface area contributed by atoms with E-state index in [1.807, 2.05) is 59.3 Å². The zero-order chi connectivity index (χ0) is 21.7. The fourth-order valence-electron chi connectivity index (χ4n) is 3.50. The quantitative estimate of drug-likeness (QED) is 0.563. The van der Waals surface area contributed by atoms with Crippen LogP contribution in [0.25, 0.3) is 0 Å². The molecule has 29 heavy (non-hydrogen) atoms. The highest BCUT2D eigenvalue weighted by molar-refractivity contribution is 6.62. The largest absolute Gasteiger partial charge is 0.498 e. The average molecular weight is 401 g/mol. The zero-order valence-corrected chi connectivity index (χ0v) is 18.6. The van der Waals surface area contributed by atoms with Crippen molar-refractivity contribution in [2.75, 3.05) is 13.1 Å². The molecule has 2 aliphatic heterocycles. The lowest BCUT2D eigenvalue weighted by molar-refractivity contribution is 0.00578. The van der Waals surface area contributed by atoms with Crippen LogP contribution >= 0.6 is 0 Å². The van der Waals surface area contributed by atoms with E-state index in [2.05, 4.69) is 11.0 Å². The fraction of sp³-hybridized carbons (Fsp3) is 0.714. The maximum absolute atomic E-state index is 12.3. The first kappa shape index (κ1) is 21.7. The smallest absolute Gasteiger partial charge is 0.444 e.